The van der Waals surface area contributed by atoms with Crippen molar-refractivity contribution in [3.8, 4) is 0 Å². The number of likely N-dealkylation sites (N-methyl/N-ethyl adjacent to an activating group) is 1. The maximum atomic E-state index is 13.1. The summed E-state index contributed by atoms with van der Waals surface area (Å²) in [5.41, 5.74) is 3.26. The number of sulfonamides is 1. The summed E-state index contributed by atoms with van der Waals surface area (Å²) < 4.78 is 27.5. The number of nitrogens with zero attached hydrogens (tertiary/aromatic N) is 1. The fraction of sp³-hybridized carbons (Fsp3) is 0.350. The highest BCUT2D eigenvalue weighted by Crippen LogP contribution is 2.23. The van der Waals surface area contributed by atoms with Crippen molar-refractivity contribution in [2.24, 2.45) is 0 Å². The van der Waals surface area contributed by atoms with E-state index in [1.54, 1.807) is 45.0 Å². The summed E-state index contributed by atoms with van der Waals surface area (Å²) in [6, 6.07) is 11.9. The third-order valence-electron chi connectivity index (χ3n) is 4.37. The van der Waals surface area contributed by atoms with Crippen LogP contribution in [0.15, 0.2) is 47.4 Å². The van der Waals surface area contributed by atoms with E-state index in [9.17, 15) is 13.2 Å². The highest BCUT2D eigenvalue weighted by Gasteiger charge is 2.32. The van der Waals surface area contributed by atoms with E-state index in [0.29, 0.717) is 11.3 Å². The summed E-state index contributed by atoms with van der Waals surface area (Å²) in [7, 11) is -3.78. The van der Waals surface area contributed by atoms with E-state index in [4.69, 9.17) is 0 Å². The van der Waals surface area contributed by atoms with Gasteiger partial charge in [-0.15, -0.1) is 0 Å². The molecule has 0 radical (unpaired) electrons. The Kier molecular flexibility index (Phi) is 6.21. The van der Waals surface area contributed by atoms with Gasteiger partial charge in [-0.3, -0.25) is 4.79 Å². The topological polar surface area (TPSA) is 66.5 Å². The van der Waals surface area contributed by atoms with Gasteiger partial charge in [-0.25, -0.2) is 8.42 Å². The van der Waals surface area contributed by atoms with Crippen molar-refractivity contribution in [3.05, 3.63) is 59.2 Å². The predicted octanol–water partition coefficient (Wildman–Crippen LogP) is 3.65. The minimum absolute atomic E-state index is 0.207. The molecule has 140 valence electrons. The lowest BCUT2D eigenvalue weighted by Gasteiger charge is -2.27. The molecule has 1 unspecified atom stereocenters. The maximum absolute atomic E-state index is 13.1. The molecule has 0 aliphatic rings. The van der Waals surface area contributed by atoms with E-state index in [2.05, 4.69) is 5.32 Å². The summed E-state index contributed by atoms with van der Waals surface area (Å²) in [5, 5.41) is 2.79. The van der Waals surface area contributed by atoms with Gasteiger partial charge in [-0.1, -0.05) is 36.8 Å². The Morgan fingerprint density at radius 2 is 1.62 bits per heavy atom. The number of carbonyl (C=O) groups excluding carboxylic acids is 1. The van der Waals surface area contributed by atoms with Crippen LogP contribution in [0.25, 0.3) is 0 Å². The van der Waals surface area contributed by atoms with Crippen molar-refractivity contribution < 1.29 is 13.2 Å². The van der Waals surface area contributed by atoms with E-state index in [0.717, 1.165) is 11.1 Å². The molecular formula is C20H26N2O3S. The highest BCUT2D eigenvalue weighted by molar-refractivity contribution is 7.89. The first-order valence-corrected chi connectivity index (χ1v) is 10.1. The highest BCUT2D eigenvalue weighted by atomic mass is 32.2. The van der Waals surface area contributed by atoms with Crippen molar-refractivity contribution in [2.45, 2.75) is 45.6 Å². The maximum Gasteiger partial charge on any atom is 0.244 e. The molecule has 1 amide bonds. The van der Waals surface area contributed by atoms with Crippen LogP contribution >= 0.6 is 0 Å². The standard InChI is InChI=1S/C20H26N2O3S/c1-6-22(26(24,25)19-13-15(3)7-10-16(19)4)17(5)20(23)21-18-11-8-14(2)9-12-18/h7-13,17H,6H2,1-5H3,(H,21,23). The Labute approximate surface area is 156 Å². The minimum Gasteiger partial charge on any atom is -0.325 e. The lowest BCUT2D eigenvalue weighted by molar-refractivity contribution is -0.119. The van der Waals surface area contributed by atoms with Gasteiger partial charge in [0.25, 0.3) is 0 Å². The largest absolute Gasteiger partial charge is 0.325 e. The lowest BCUT2D eigenvalue weighted by Crippen LogP contribution is -2.45. The molecule has 0 fully saturated rings. The molecule has 2 aromatic carbocycles. The van der Waals surface area contributed by atoms with E-state index in [1.807, 2.05) is 32.0 Å². The molecule has 1 N–H and O–H groups in total. The Bertz CT molecular complexity index is 890. The molecule has 26 heavy (non-hydrogen) atoms. The molecule has 0 aliphatic heterocycles. The number of hydrogen-bond donors (Lipinski definition) is 1. The second kappa shape index (κ2) is 8.01. The molecule has 0 spiro atoms. The summed E-state index contributed by atoms with van der Waals surface area (Å²) in [6.07, 6.45) is 0. The lowest BCUT2D eigenvalue weighted by atomic mass is 10.2. The molecule has 5 nitrogen and oxygen atoms in total. The predicted molar refractivity (Wildman–Crippen MR) is 105 cm³/mol. The van der Waals surface area contributed by atoms with Crippen molar-refractivity contribution >= 4 is 21.6 Å². The van der Waals surface area contributed by atoms with Gasteiger partial charge in [0.15, 0.2) is 0 Å². The molecule has 1 atom stereocenters. The Morgan fingerprint density at radius 3 is 2.19 bits per heavy atom. The zero-order valence-corrected chi connectivity index (χ0v) is 16.7. The smallest absolute Gasteiger partial charge is 0.244 e. The number of anilines is 1. The number of amides is 1. The normalized spacial score (nSPS) is 12.8. The summed E-state index contributed by atoms with van der Waals surface area (Å²) in [4.78, 5) is 12.9. The molecule has 0 heterocycles. The van der Waals surface area contributed by atoms with Crippen LogP contribution < -0.4 is 5.32 Å². The zero-order chi connectivity index (χ0) is 19.5. The fourth-order valence-electron chi connectivity index (χ4n) is 2.78. The average molecular weight is 375 g/mol. The first-order valence-electron chi connectivity index (χ1n) is 8.63. The first kappa shape index (κ1) is 20.1. The second-order valence-corrected chi connectivity index (χ2v) is 8.37. The molecule has 0 aromatic heterocycles. The van der Waals surface area contributed by atoms with Crippen LogP contribution in [0.4, 0.5) is 5.69 Å². The zero-order valence-electron chi connectivity index (χ0n) is 15.9. The summed E-state index contributed by atoms with van der Waals surface area (Å²) in [5.74, 6) is -0.357. The van der Waals surface area contributed by atoms with Gasteiger partial charge in [0, 0.05) is 12.2 Å². The summed E-state index contributed by atoms with van der Waals surface area (Å²) >= 11 is 0. The van der Waals surface area contributed by atoms with Gasteiger partial charge in [0.1, 0.15) is 6.04 Å². The third-order valence-corrected chi connectivity index (χ3v) is 6.56. The van der Waals surface area contributed by atoms with Crippen molar-refractivity contribution in [2.75, 3.05) is 11.9 Å². The Balaban J connectivity index is 2.29. The van der Waals surface area contributed by atoms with Crippen LogP contribution in [0.1, 0.15) is 30.5 Å². The number of rotatable bonds is 6. The van der Waals surface area contributed by atoms with Crippen LogP contribution in [0.3, 0.4) is 0 Å². The quantitative estimate of drug-likeness (QED) is 0.839. The van der Waals surface area contributed by atoms with Gasteiger partial charge in [0.05, 0.1) is 4.90 Å². The van der Waals surface area contributed by atoms with E-state index < -0.39 is 16.1 Å². The van der Waals surface area contributed by atoms with Crippen LogP contribution in [-0.2, 0) is 14.8 Å². The number of hydrogen-bond acceptors (Lipinski definition) is 3. The molecule has 0 saturated heterocycles. The SMILES string of the molecule is CCN(C(C)C(=O)Nc1ccc(C)cc1)S(=O)(=O)c1cc(C)ccc1C. The molecule has 0 saturated carbocycles. The number of nitrogens with one attached hydrogen (secondary N) is 1. The molecule has 0 bridgehead atoms. The van der Waals surface area contributed by atoms with E-state index >= 15 is 0 Å². The fourth-order valence-corrected chi connectivity index (χ4v) is 4.69. The van der Waals surface area contributed by atoms with E-state index in [1.165, 1.54) is 4.31 Å². The van der Waals surface area contributed by atoms with Crippen molar-refractivity contribution in [3.63, 3.8) is 0 Å². The number of benzene rings is 2. The molecular weight excluding hydrogens is 348 g/mol. The van der Waals surface area contributed by atoms with Gasteiger partial charge in [-0.05, 0) is 57.0 Å². The van der Waals surface area contributed by atoms with Gasteiger partial charge >= 0.3 is 0 Å². The molecule has 6 heteroatoms. The number of carbonyl (C=O) groups is 1. The molecule has 2 rings (SSSR count). The van der Waals surface area contributed by atoms with Crippen LogP contribution in [0, 0.1) is 20.8 Å². The second-order valence-electron chi connectivity index (χ2n) is 6.51. The first-order chi connectivity index (χ1) is 12.2. The average Bonchev–Trinajstić information content (AvgIpc) is 2.59. The summed E-state index contributed by atoms with van der Waals surface area (Å²) in [6.45, 7) is 9.12. The van der Waals surface area contributed by atoms with Crippen molar-refractivity contribution in [1.29, 1.82) is 0 Å². The monoisotopic (exact) mass is 374 g/mol. The molecule has 2 aromatic rings. The number of aryl methyl sites for hydroxylation is 3. The molecule has 0 aliphatic carbocycles. The van der Waals surface area contributed by atoms with Crippen molar-refractivity contribution in [1.82, 2.24) is 4.31 Å². The Hall–Kier alpha value is -2.18. The van der Waals surface area contributed by atoms with Gasteiger partial charge in [-0.2, -0.15) is 4.31 Å². The third kappa shape index (κ3) is 4.31. The van der Waals surface area contributed by atoms with Crippen LogP contribution in [0.2, 0.25) is 0 Å². The van der Waals surface area contributed by atoms with Gasteiger partial charge in [0.2, 0.25) is 15.9 Å². The Morgan fingerprint density at radius 1 is 1.04 bits per heavy atom. The van der Waals surface area contributed by atoms with Crippen LogP contribution in [-0.4, -0.2) is 31.2 Å². The van der Waals surface area contributed by atoms with Gasteiger partial charge < -0.3 is 5.32 Å². The van der Waals surface area contributed by atoms with E-state index in [-0.39, 0.29) is 17.3 Å². The van der Waals surface area contributed by atoms with Crippen LogP contribution in [0.5, 0.6) is 0 Å². The minimum atomic E-state index is -3.78.